The first-order valence-corrected chi connectivity index (χ1v) is 14.0. The van der Waals surface area contributed by atoms with Crippen LogP contribution < -0.4 is 11.2 Å². The second-order valence-corrected chi connectivity index (χ2v) is 12.8. The molecular weight excluding hydrogens is 438 g/mol. The number of aliphatic hydroxyl groups is 1. The van der Waals surface area contributed by atoms with Crippen molar-refractivity contribution in [3.8, 4) is 11.4 Å². The van der Waals surface area contributed by atoms with Crippen LogP contribution in [0.15, 0.2) is 15.7 Å². The molecule has 2 aliphatic heterocycles. The normalized spacial score (nSPS) is 38.0. The third-order valence-corrected chi connectivity index (χ3v) is 11.3. The minimum atomic E-state index is -0.460. The smallest absolute Gasteiger partial charge is 0.352 e. The van der Waals surface area contributed by atoms with Gasteiger partial charge < -0.3 is 9.67 Å². The van der Waals surface area contributed by atoms with E-state index in [9.17, 15) is 14.7 Å². The average Bonchev–Trinajstić information content (AvgIpc) is 3.14. The lowest BCUT2D eigenvalue weighted by molar-refractivity contribution is -0.111. The van der Waals surface area contributed by atoms with Gasteiger partial charge in [0.25, 0.3) is 5.56 Å². The van der Waals surface area contributed by atoms with Crippen molar-refractivity contribution in [3.05, 3.63) is 38.2 Å². The Hall–Kier alpha value is -1.95. The van der Waals surface area contributed by atoms with E-state index in [2.05, 4.69) is 36.4 Å². The maximum absolute atomic E-state index is 13.1. The van der Waals surface area contributed by atoms with E-state index in [0.717, 1.165) is 49.6 Å². The molecule has 2 heterocycles. The largest absolute Gasteiger partial charge is 0.393 e. The van der Waals surface area contributed by atoms with E-state index in [1.165, 1.54) is 44.0 Å². The van der Waals surface area contributed by atoms with E-state index in [-0.39, 0.29) is 22.5 Å². The number of rotatable bonds is 3. The molecule has 6 aliphatic rings. The fourth-order valence-corrected chi connectivity index (χ4v) is 9.19. The van der Waals surface area contributed by atoms with E-state index in [1.54, 1.807) is 0 Å². The van der Waals surface area contributed by atoms with Crippen molar-refractivity contribution in [1.29, 1.82) is 0 Å². The van der Waals surface area contributed by atoms with Crippen LogP contribution in [-0.4, -0.2) is 25.3 Å². The Morgan fingerprint density at radius 1 is 1.09 bits per heavy atom. The zero-order valence-electron chi connectivity index (χ0n) is 21.8. The van der Waals surface area contributed by atoms with Crippen LogP contribution in [0.5, 0.6) is 0 Å². The molecule has 35 heavy (non-hydrogen) atoms. The Morgan fingerprint density at radius 2 is 1.86 bits per heavy atom. The van der Waals surface area contributed by atoms with E-state index >= 15 is 0 Å². The van der Waals surface area contributed by atoms with Crippen molar-refractivity contribution in [2.75, 3.05) is 0 Å². The summed E-state index contributed by atoms with van der Waals surface area (Å²) in [4.78, 5) is 30.0. The summed E-state index contributed by atoms with van der Waals surface area (Å²) in [7, 11) is 1.53. The van der Waals surface area contributed by atoms with Crippen LogP contribution in [0.3, 0.4) is 0 Å². The summed E-state index contributed by atoms with van der Waals surface area (Å²) < 4.78 is 3.38. The molecule has 6 heteroatoms. The van der Waals surface area contributed by atoms with Crippen LogP contribution in [0.25, 0.3) is 11.4 Å². The predicted molar refractivity (Wildman–Crippen MR) is 137 cm³/mol. The van der Waals surface area contributed by atoms with E-state index < -0.39 is 5.69 Å². The van der Waals surface area contributed by atoms with Gasteiger partial charge in [0.15, 0.2) is 5.82 Å². The van der Waals surface area contributed by atoms with Gasteiger partial charge in [0.1, 0.15) is 0 Å². The van der Waals surface area contributed by atoms with Gasteiger partial charge in [0.2, 0.25) is 0 Å². The standard InChI is InChI=1S/C29H41N3O3/c1-5-6-13-32-23-15-18-7-8-19-21-9-10-24(33)28(21,2)12-11-22(19)29(18,3)16-17(23)14-20-25(32)30-27(35)31(4)26(20)34/h14,18-19,21-22,24,33H,5-13,15-16H2,1-4H3/t18-,19-,21-,22-,24-,28-,29-/m0/s1. The van der Waals surface area contributed by atoms with Crippen molar-refractivity contribution in [1.82, 2.24) is 14.1 Å². The van der Waals surface area contributed by atoms with Gasteiger partial charge in [-0.2, -0.15) is 4.98 Å². The molecule has 0 amide bonds. The number of hydrogen-bond donors (Lipinski definition) is 1. The first kappa shape index (κ1) is 23.4. The second kappa shape index (κ2) is 8.03. The number of fused-ring (bicyclic) bond motifs is 7. The molecule has 1 N–H and O–H groups in total. The Morgan fingerprint density at radius 3 is 2.63 bits per heavy atom. The van der Waals surface area contributed by atoms with Crippen molar-refractivity contribution in [2.45, 2.75) is 97.6 Å². The molecule has 0 aromatic carbocycles. The van der Waals surface area contributed by atoms with Crippen LogP contribution in [0.1, 0.15) is 83.4 Å². The molecule has 3 saturated carbocycles. The molecule has 4 aliphatic carbocycles. The summed E-state index contributed by atoms with van der Waals surface area (Å²) in [5, 5.41) is 10.8. The quantitative estimate of drug-likeness (QED) is 0.717. The van der Waals surface area contributed by atoms with Crippen molar-refractivity contribution in [3.63, 3.8) is 0 Å². The van der Waals surface area contributed by atoms with E-state index in [0.29, 0.717) is 35.1 Å². The number of aromatic nitrogens is 3. The Kier molecular flexibility index (Phi) is 5.38. The minimum Gasteiger partial charge on any atom is -0.393 e. The summed E-state index contributed by atoms with van der Waals surface area (Å²) in [5.41, 5.74) is 2.83. The van der Waals surface area contributed by atoms with Gasteiger partial charge in [0, 0.05) is 19.3 Å². The molecule has 6 nitrogen and oxygen atoms in total. The summed E-state index contributed by atoms with van der Waals surface area (Å²) >= 11 is 0. The van der Waals surface area contributed by atoms with E-state index in [4.69, 9.17) is 0 Å². The number of unbranched alkanes of at least 4 members (excludes halogenated alkanes) is 1. The molecule has 0 saturated heterocycles. The van der Waals surface area contributed by atoms with E-state index in [1.807, 2.05) is 0 Å². The molecule has 0 bridgehead atoms. The highest BCUT2D eigenvalue weighted by Crippen LogP contribution is 2.65. The van der Waals surface area contributed by atoms with Crippen LogP contribution in [0.2, 0.25) is 0 Å². The first-order valence-electron chi connectivity index (χ1n) is 14.0. The summed E-state index contributed by atoms with van der Waals surface area (Å²) in [5.74, 6) is 3.24. The zero-order valence-corrected chi connectivity index (χ0v) is 21.8. The zero-order chi connectivity index (χ0) is 24.7. The fourth-order valence-electron chi connectivity index (χ4n) is 9.19. The lowest BCUT2D eigenvalue weighted by atomic mass is 9.45. The Bertz CT molecular complexity index is 1250. The SMILES string of the molecule is CCCCn1c2nc(=O)n(C)c(=O)c-2cc2c1C[C@@H]1CC[C@@H]3[C@H](CC[C@]4(C)[C@@H](O)CC[C@@H]34)[C@@]1(C)C2. The molecule has 0 spiro atoms. The number of hydrogen-bond acceptors (Lipinski definition) is 4. The second-order valence-electron chi connectivity index (χ2n) is 12.8. The van der Waals surface area contributed by atoms with Crippen LogP contribution in [0, 0.1) is 34.5 Å². The Labute approximate surface area is 208 Å². The van der Waals surface area contributed by atoms with Crippen molar-refractivity contribution >= 4 is 0 Å². The lowest BCUT2D eigenvalue weighted by Gasteiger charge is -2.60. The third-order valence-electron chi connectivity index (χ3n) is 11.3. The van der Waals surface area contributed by atoms with Crippen molar-refractivity contribution < 1.29 is 5.11 Å². The molecular formula is C29H41N3O3. The maximum Gasteiger partial charge on any atom is 0.352 e. The monoisotopic (exact) mass is 479 g/mol. The van der Waals surface area contributed by atoms with Crippen molar-refractivity contribution in [2.24, 2.45) is 41.5 Å². The highest BCUT2D eigenvalue weighted by Gasteiger charge is 2.60. The van der Waals surface area contributed by atoms with Gasteiger partial charge in [-0.25, -0.2) is 4.79 Å². The molecule has 6 rings (SSSR count). The number of aliphatic hydroxyl groups excluding tert-OH is 1. The molecule has 7 atom stereocenters. The first-order chi connectivity index (χ1) is 16.7. The highest BCUT2D eigenvalue weighted by atomic mass is 16.3. The fraction of sp³-hybridized carbons (Fsp3) is 0.759. The molecule has 0 aromatic heterocycles. The van der Waals surface area contributed by atoms with Crippen LogP contribution >= 0.6 is 0 Å². The summed E-state index contributed by atoms with van der Waals surface area (Å²) in [6.45, 7) is 7.87. The molecule has 0 aromatic rings. The minimum absolute atomic E-state index is 0.101. The van der Waals surface area contributed by atoms with Gasteiger partial charge in [0.05, 0.1) is 11.7 Å². The predicted octanol–water partition coefficient (Wildman–Crippen LogP) is 4.17. The van der Waals surface area contributed by atoms with Gasteiger partial charge in [-0.05, 0) is 104 Å². The average molecular weight is 480 g/mol. The molecule has 0 unspecified atom stereocenters. The van der Waals surface area contributed by atoms with Gasteiger partial charge in [-0.15, -0.1) is 0 Å². The highest BCUT2D eigenvalue weighted by molar-refractivity contribution is 5.59. The summed E-state index contributed by atoms with van der Waals surface area (Å²) in [6.07, 6.45) is 11.0. The van der Waals surface area contributed by atoms with Gasteiger partial charge in [-0.3, -0.25) is 9.36 Å². The molecule has 3 fully saturated rings. The number of nitrogens with zero attached hydrogens (tertiary/aromatic N) is 3. The summed E-state index contributed by atoms with van der Waals surface area (Å²) in [6, 6.07) is 2.08. The molecule has 0 radical (unpaired) electrons. The van der Waals surface area contributed by atoms with Crippen LogP contribution in [0.4, 0.5) is 0 Å². The topological polar surface area (TPSA) is 77.1 Å². The van der Waals surface area contributed by atoms with Gasteiger partial charge in [-0.1, -0.05) is 27.2 Å². The third kappa shape index (κ3) is 3.20. The molecule has 190 valence electrons. The van der Waals surface area contributed by atoms with Crippen LogP contribution in [-0.2, 0) is 26.4 Å². The number of pyridine rings is 1. The Balaban J connectivity index is 1.45. The van der Waals surface area contributed by atoms with Gasteiger partial charge >= 0.3 is 5.69 Å². The maximum atomic E-state index is 13.1. The lowest BCUT2D eigenvalue weighted by Crippen LogP contribution is -2.55.